The molecule has 168 valence electrons. The van der Waals surface area contributed by atoms with Crippen molar-refractivity contribution >= 4 is 23.1 Å². The molecule has 1 aliphatic heterocycles. The van der Waals surface area contributed by atoms with Crippen LogP contribution in [0.1, 0.15) is 29.2 Å². The van der Waals surface area contributed by atoms with Crippen LogP contribution >= 0.6 is 0 Å². The second kappa shape index (κ2) is 9.61. The maximum atomic E-state index is 13.0. The molecule has 3 rings (SSSR count). The number of aliphatic hydroxyl groups excluding tert-OH is 1. The van der Waals surface area contributed by atoms with Gasteiger partial charge >= 0.3 is 0 Å². The Balaban J connectivity index is 2.13. The molecule has 0 bridgehead atoms. The maximum Gasteiger partial charge on any atom is 0.295 e. The Bertz CT molecular complexity index is 1080. The lowest BCUT2D eigenvalue weighted by atomic mass is 9.94. The average Bonchev–Trinajstić information content (AvgIpc) is 3.03. The van der Waals surface area contributed by atoms with Gasteiger partial charge in [-0.3, -0.25) is 19.7 Å². The van der Waals surface area contributed by atoms with E-state index < -0.39 is 22.7 Å². The molecule has 1 saturated heterocycles. The van der Waals surface area contributed by atoms with E-state index in [0.717, 1.165) is 5.56 Å². The molecule has 9 nitrogen and oxygen atoms in total. The highest BCUT2D eigenvalue weighted by molar-refractivity contribution is 6.46. The third kappa shape index (κ3) is 4.33. The molecule has 9 heteroatoms. The number of likely N-dealkylation sites (tertiary alicyclic amines) is 1. The summed E-state index contributed by atoms with van der Waals surface area (Å²) in [5.74, 6) is -1.24. The standard InChI is InChI=1S/C23H24N2O7/c1-14-13-16(7-10-18(14)32-3)21(26)19-20(15-5-8-17(9-6-15)25(29)30)24(11-4-12-31-2)23(28)22(19)27/h5-10,13,20,26H,4,11-12H2,1-3H3. The number of nitro groups is 1. The monoisotopic (exact) mass is 440 g/mol. The smallest absolute Gasteiger partial charge is 0.295 e. The second-order valence-corrected chi connectivity index (χ2v) is 7.37. The normalized spacial score (nSPS) is 17.6. The number of hydrogen-bond acceptors (Lipinski definition) is 7. The molecular weight excluding hydrogens is 416 g/mol. The van der Waals surface area contributed by atoms with Crippen LogP contribution in [0.3, 0.4) is 0 Å². The van der Waals surface area contributed by atoms with Crippen LogP contribution < -0.4 is 4.74 Å². The number of ketones is 1. The molecule has 0 radical (unpaired) electrons. The van der Waals surface area contributed by atoms with Gasteiger partial charge < -0.3 is 19.5 Å². The summed E-state index contributed by atoms with van der Waals surface area (Å²) < 4.78 is 10.3. The van der Waals surface area contributed by atoms with Gasteiger partial charge in [0.1, 0.15) is 11.5 Å². The summed E-state index contributed by atoms with van der Waals surface area (Å²) in [6.07, 6.45) is 0.481. The van der Waals surface area contributed by atoms with Crippen LogP contribution in [0.5, 0.6) is 5.75 Å². The van der Waals surface area contributed by atoms with Crippen LogP contribution in [-0.2, 0) is 14.3 Å². The van der Waals surface area contributed by atoms with Crippen LogP contribution in [-0.4, -0.2) is 54.0 Å². The second-order valence-electron chi connectivity index (χ2n) is 7.37. The fourth-order valence-electron chi connectivity index (χ4n) is 3.80. The lowest BCUT2D eigenvalue weighted by Crippen LogP contribution is -2.31. The van der Waals surface area contributed by atoms with Crippen molar-refractivity contribution < 1.29 is 29.1 Å². The van der Waals surface area contributed by atoms with Crippen LogP contribution in [0.4, 0.5) is 5.69 Å². The van der Waals surface area contributed by atoms with Crippen molar-refractivity contribution in [2.45, 2.75) is 19.4 Å². The number of nitrogens with zero attached hydrogens (tertiary/aromatic N) is 2. The lowest BCUT2D eigenvalue weighted by Gasteiger charge is -2.25. The fraction of sp³-hybridized carbons (Fsp3) is 0.304. The Labute approximate surface area is 185 Å². The van der Waals surface area contributed by atoms with Crippen molar-refractivity contribution in [3.8, 4) is 5.75 Å². The molecule has 2 aromatic carbocycles. The van der Waals surface area contributed by atoms with Crippen molar-refractivity contribution in [2.75, 3.05) is 27.4 Å². The molecule has 32 heavy (non-hydrogen) atoms. The van der Waals surface area contributed by atoms with E-state index in [1.807, 2.05) is 0 Å². The van der Waals surface area contributed by atoms with Gasteiger partial charge in [0, 0.05) is 38.0 Å². The maximum absolute atomic E-state index is 13.0. The molecule has 1 unspecified atom stereocenters. The van der Waals surface area contributed by atoms with Gasteiger partial charge in [0.15, 0.2) is 0 Å². The molecule has 0 aliphatic carbocycles. The van der Waals surface area contributed by atoms with Gasteiger partial charge in [0.2, 0.25) is 0 Å². The first kappa shape index (κ1) is 23.0. The summed E-state index contributed by atoms with van der Waals surface area (Å²) in [6.45, 7) is 2.40. The quantitative estimate of drug-likeness (QED) is 0.167. The zero-order valence-corrected chi connectivity index (χ0v) is 18.0. The van der Waals surface area contributed by atoms with Gasteiger partial charge in [-0.25, -0.2) is 0 Å². The van der Waals surface area contributed by atoms with Gasteiger partial charge in [-0.05, 0) is 54.8 Å². The van der Waals surface area contributed by atoms with E-state index >= 15 is 0 Å². The van der Waals surface area contributed by atoms with E-state index in [9.17, 15) is 24.8 Å². The molecule has 0 saturated carbocycles. The Morgan fingerprint density at radius 1 is 1.16 bits per heavy atom. The number of methoxy groups -OCH3 is 2. The SMILES string of the molecule is COCCCN1C(=O)C(=O)C(=C(O)c2ccc(OC)c(C)c2)C1c1ccc([N+](=O)[O-])cc1. The number of non-ortho nitro benzene ring substituents is 1. The van der Waals surface area contributed by atoms with Gasteiger partial charge in [-0.2, -0.15) is 0 Å². The third-order valence-electron chi connectivity index (χ3n) is 5.38. The van der Waals surface area contributed by atoms with Gasteiger partial charge in [-0.15, -0.1) is 0 Å². The minimum atomic E-state index is -0.880. The van der Waals surface area contributed by atoms with E-state index in [0.29, 0.717) is 29.9 Å². The van der Waals surface area contributed by atoms with Gasteiger partial charge in [0.25, 0.3) is 17.4 Å². The van der Waals surface area contributed by atoms with Crippen molar-refractivity contribution in [3.63, 3.8) is 0 Å². The third-order valence-corrected chi connectivity index (χ3v) is 5.38. The molecule has 0 spiro atoms. The van der Waals surface area contributed by atoms with Crippen molar-refractivity contribution in [1.29, 1.82) is 0 Å². The topological polar surface area (TPSA) is 119 Å². The van der Waals surface area contributed by atoms with E-state index in [1.165, 1.54) is 43.4 Å². The molecule has 1 fully saturated rings. The van der Waals surface area contributed by atoms with Crippen molar-refractivity contribution in [2.24, 2.45) is 0 Å². The summed E-state index contributed by atoms with van der Waals surface area (Å²) in [6, 6.07) is 9.65. The zero-order valence-electron chi connectivity index (χ0n) is 18.0. The predicted molar refractivity (Wildman–Crippen MR) is 116 cm³/mol. The van der Waals surface area contributed by atoms with E-state index in [4.69, 9.17) is 9.47 Å². The average molecular weight is 440 g/mol. The molecule has 1 aliphatic rings. The highest BCUT2D eigenvalue weighted by atomic mass is 16.6. The van der Waals surface area contributed by atoms with Gasteiger partial charge in [0.05, 0.1) is 23.6 Å². The molecular formula is C23H24N2O7. The number of rotatable bonds is 8. The number of nitro benzene ring substituents is 1. The number of benzene rings is 2. The van der Waals surface area contributed by atoms with Gasteiger partial charge in [-0.1, -0.05) is 0 Å². The van der Waals surface area contributed by atoms with Crippen LogP contribution in [0.25, 0.3) is 5.76 Å². The van der Waals surface area contributed by atoms with Crippen LogP contribution in [0.2, 0.25) is 0 Å². The molecule has 1 amide bonds. The Hall–Kier alpha value is -3.72. The minimum absolute atomic E-state index is 0.0640. The highest BCUT2D eigenvalue weighted by Crippen LogP contribution is 2.40. The summed E-state index contributed by atoms with van der Waals surface area (Å²) in [5.41, 5.74) is 1.42. The summed E-state index contributed by atoms with van der Waals surface area (Å²) in [7, 11) is 3.07. The first-order chi connectivity index (χ1) is 15.3. The first-order valence-corrected chi connectivity index (χ1v) is 9.96. The molecule has 0 aromatic heterocycles. The Morgan fingerprint density at radius 2 is 1.84 bits per heavy atom. The first-order valence-electron chi connectivity index (χ1n) is 9.96. The van der Waals surface area contributed by atoms with E-state index in [-0.39, 0.29) is 23.6 Å². The van der Waals surface area contributed by atoms with E-state index in [2.05, 4.69) is 0 Å². The summed E-state index contributed by atoms with van der Waals surface area (Å²) >= 11 is 0. The number of carbonyl (C=O) groups is 2. The molecule has 1 atom stereocenters. The largest absolute Gasteiger partial charge is 0.507 e. The predicted octanol–water partition coefficient (Wildman–Crippen LogP) is 3.37. The van der Waals surface area contributed by atoms with Crippen LogP contribution in [0, 0.1) is 17.0 Å². The van der Waals surface area contributed by atoms with E-state index in [1.54, 1.807) is 25.1 Å². The lowest BCUT2D eigenvalue weighted by molar-refractivity contribution is -0.384. The number of carbonyl (C=O) groups excluding carboxylic acids is 2. The molecule has 2 aromatic rings. The highest BCUT2D eigenvalue weighted by Gasteiger charge is 2.45. The summed E-state index contributed by atoms with van der Waals surface area (Å²) in [5, 5.41) is 22.1. The molecule has 1 heterocycles. The van der Waals surface area contributed by atoms with Crippen LogP contribution in [0.15, 0.2) is 48.0 Å². The molecule has 1 N–H and O–H groups in total. The minimum Gasteiger partial charge on any atom is -0.507 e. The van der Waals surface area contributed by atoms with Crippen molar-refractivity contribution in [3.05, 3.63) is 74.8 Å². The van der Waals surface area contributed by atoms with Crippen molar-refractivity contribution in [1.82, 2.24) is 4.90 Å². The number of aryl methyl sites for hydroxylation is 1. The number of Topliss-reactive ketones (excluding diaryl/α,β-unsaturated/α-hetero) is 1. The fourth-order valence-corrected chi connectivity index (χ4v) is 3.80. The number of amides is 1. The zero-order chi connectivity index (χ0) is 23.4. The number of hydrogen-bond donors (Lipinski definition) is 1. The summed E-state index contributed by atoms with van der Waals surface area (Å²) in [4.78, 5) is 37.7. The Morgan fingerprint density at radius 3 is 2.41 bits per heavy atom. The number of aliphatic hydroxyl groups is 1. The number of ether oxygens (including phenoxy) is 2. The Kier molecular flexibility index (Phi) is 6.89.